The van der Waals surface area contributed by atoms with Gasteiger partial charge in [0.05, 0.1) is 17.5 Å². The first-order chi connectivity index (χ1) is 19.5. The molecular formula is C31H33Cl2F2NO5. The van der Waals surface area contributed by atoms with Crippen LogP contribution >= 0.6 is 23.2 Å². The highest BCUT2D eigenvalue weighted by molar-refractivity contribution is 6.35. The zero-order valence-electron chi connectivity index (χ0n) is 23.1. The van der Waals surface area contributed by atoms with Gasteiger partial charge in [0.15, 0.2) is 11.5 Å². The van der Waals surface area contributed by atoms with E-state index in [1.807, 2.05) is 24.3 Å². The van der Waals surface area contributed by atoms with Gasteiger partial charge in [-0.05, 0) is 66.8 Å². The van der Waals surface area contributed by atoms with Gasteiger partial charge in [0.25, 0.3) is 5.56 Å². The lowest BCUT2D eigenvalue weighted by Crippen LogP contribution is -2.20. The Morgan fingerprint density at radius 3 is 2.32 bits per heavy atom. The van der Waals surface area contributed by atoms with Crippen LogP contribution in [0.15, 0.2) is 53.5 Å². The molecule has 2 aromatic carbocycles. The predicted molar refractivity (Wildman–Crippen MR) is 154 cm³/mol. The molecule has 1 N–H and O–H groups in total. The highest BCUT2D eigenvalue weighted by Gasteiger charge is 2.28. The Morgan fingerprint density at radius 2 is 1.68 bits per heavy atom. The number of ether oxygens (including phenoxy) is 3. The van der Waals surface area contributed by atoms with Gasteiger partial charge in [-0.15, -0.1) is 0 Å². The number of carbonyl (C=O) groups excluding carboxylic acids is 1. The molecule has 1 saturated carbocycles. The Balaban J connectivity index is 1.65. The third-order valence-electron chi connectivity index (χ3n) is 6.93. The van der Waals surface area contributed by atoms with Crippen LogP contribution in [0.2, 0.25) is 10.0 Å². The number of alkyl halides is 2. The number of benzene rings is 2. The van der Waals surface area contributed by atoms with Crippen molar-refractivity contribution in [3.05, 3.63) is 91.3 Å². The lowest BCUT2D eigenvalue weighted by molar-refractivity contribution is -0.151. The fourth-order valence-electron chi connectivity index (χ4n) is 4.44. The Kier molecular flexibility index (Phi) is 10.3. The van der Waals surface area contributed by atoms with Gasteiger partial charge < -0.3 is 19.2 Å². The summed E-state index contributed by atoms with van der Waals surface area (Å²) in [5, 5.41) is 0.0579. The molecule has 0 spiro atoms. The van der Waals surface area contributed by atoms with Crippen molar-refractivity contribution in [2.24, 2.45) is 11.8 Å². The number of rotatable bonds is 13. The van der Waals surface area contributed by atoms with E-state index in [0.717, 1.165) is 24.8 Å². The molecule has 2 atom stereocenters. The van der Waals surface area contributed by atoms with E-state index < -0.39 is 30.2 Å². The van der Waals surface area contributed by atoms with Crippen LogP contribution < -0.4 is 15.0 Å². The van der Waals surface area contributed by atoms with Crippen molar-refractivity contribution < 1.29 is 27.8 Å². The average molecular weight is 609 g/mol. The molecule has 0 saturated heterocycles. The first-order valence-electron chi connectivity index (χ1n) is 13.6. The molecule has 6 nitrogen and oxygen atoms in total. The highest BCUT2D eigenvalue weighted by Crippen LogP contribution is 2.38. The summed E-state index contributed by atoms with van der Waals surface area (Å²) in [6, 6.07) is 12.2. The Bertz CT molecular complexity index is 1410. The number of pyridine rings is 1. The number of hydrogen-bond donors (Lipinski definition) is 1. The van der Waals surface area contributed by atoms with Crippen LogP contribution in [0, 0.1) is 11.8 Å². The first kappa shape index (κ1) is 30.8. The van der Waals surface area contributed by atoms with Gasteiger partial charge in [-0.1, -0.05) is 67.4 Å². The molecular weight excluding hydrogens is 575 g/mol. The van der Waals surface area contributed by atoms with E-state index in [4.69, 9.17) is 32.7 Å². The van der Waals surface area contributed by atoms with Gasteiger partial charge in [-0.25, -0.2) is 0 Å². The van der Waals surface area contributed by atoms with E-state index in [2.05, 4.69) is 23.6 Å². The Labute approximate surface area is 247 Å². The maximum Gasteiger partial charge on any atom is 0.387 e. The molecule has 4 rings (SSSR count). The van der Waals surface area contributed by atoms with E-state index in [1.165, 1.54) is 30.0 Å². The average Bonchev–Trinajstić information content (AvgIpc) is 3.76. The van der Waals surface area contributed by atoms with Crippen LogP contribution in [0.5, 0.6) is 11.5 Å². The Hall–Kier alpha value is -3.10. The van der Waals surface area contributed by atoms with E-state index in [0.29, 0.717) is 24.0 Å². The van der Waals surface area contributed by atoms with Crippen molar-refractivity contribution in [2.45, 2.75) is 65.1 Å². The van der Waals surface area contributed by atoms with Gasteiger partial charge in [0.2, 0.25) is 0 Å². The summed E-state index contributed by atoms with van der Waals surface area (Å²) in [7, 11) is 0. The maximum absolute atomic E-state index is 13.4. The number of aromatic amines is 1. The third kappa shape index (κ3) is 8.46. The Morgan fingerprint density at radius 1 is 1.00 bits per heavy atom. The van der Waals surface area contributed by atoms with Crippen LogP contribution in [0.4, 0.5) is 8.78 Å². The number of nitrogens with one attached hydrogen (secondary N) is 1. The van der Waals surface area contributed by atoms with Crippen molar-refractivity contribution in [3.8, 4) is 11.5 Å². The maximum atomic E-state index is 13.4. The van der Waals surface area contributed by atoms with Crippen LogP contribution in [0.1, 0.15) is 67.9 Å². The molecule has 1 aromatic heterocycles. The standard InChI is InChI=1S/C31H33Cl2F2NO5/c1-17(2)12-19-6-8-21(9-7-19)18(3)30(38)40-26(14-23-24(32)15-36-29(37)28(23)33)22-10-11-25(41-31(34)35)27(13-22)39-16-20-4-5-20/h6-11,13,15,17-18,20,26,31H,4-5,12,14,16H2,1-3H3,(H,36,37). The zero-order valence-corrected chi connectivity index (χ0v) is 24.6. The van der Waals surface area contributed by atoms with Gasteiger partial charge in [-0.2, -0.15) is 8.78 Å². The minimum absolute atomic E-state index is 0.0372. The summed E-state index contributed by atoms with van der Waals surface area (Å²) in [5.41, 5.74) is 2.14. The molecule has 3 aromatic rings. The summed E-state index contributed by atoms with van der Waals surface area (Å²) < 4.78 is 42.7. The topological polar surface area (TPSA) is 77.6 Å². The molecule has 0 amide bonds. The summed E-state index contributed by atoms with van der Waals surface area (Å²) >= 11 is 12.6. The number of esters is 1. The molecule has 220 valence electrons. The lowest BCUT2D eigenvalue weighted by atomic mass is 9.96. The second-order valence-corrected chi connectivity index (χ2v) is 11.6. The van der Waals surface area contributed by atoms with Crippen molar-refractivity contribution in [1.29, 1.82) is 0 Å². The number of hydrogen-bond acceptors (Lipinski definition) is 5. The predicted octanol–water partition coefficient (Wildman–Crippen LogP) is 7.90. The number of carbonyl (C=O) groups is 1. The molecule has 0 radical (unpaired) electrons. The zero-order chi connectivity index (χ0) is 29.7. The fraction of sp³-hybridized carbons (Fsp3) is 0.419. The van der Waals surface area contributed by atoms with Crippen molar-refractivity contribution in [2.75, 3.05) is 6.61 Å². The molecule has 1 aliphatic rings. The van der Waals surface area contributed by atoms with Crippen molar-refractivity contribution >= 4 is 29.2 Å². The van der Waals surface area contributed by atoms with E-state index in [9.17, 15) is 18.4 Å². The molecule has 1 heterocycles. The minimum Gasteiger partial charge on any atom is -0.489 e. The monoisotopic (exact) mass is 607 g/mol. The van der Waals surface area contributed by atoms with Crippen LogP contribution in [0.25, 0.3) is 0 Å². The molecule has 2 unspecified atom stereocenters. The molecule has 1 aliphatic carbocycles. The summed E-state index contributed by atoms with van der Waals surface area (Å²) in [6.45, 7) is 3.33. The van der Waals surface area contributed by atoms with E-state index >= 15 is 0 Å². The van der Waals surface area contributed by atoms with Crippen molar-refractivity contribution in [3.63, 3.8) is 0 Å². The molecule has 0 bridgehead atoms. The molecule has 1 fully saturated rings. The smallest absolute Gasteiger partial charge is 0.387 e. The second kappa shape index (κ2) is 13.7. The highest BCUT2D eigenvalue weighted by atomic mass is 35.5. The molecule has 10 heteroatoms. The molecule has 41 heavy (non-hydrogen) atoms. The number of aromatic nitrogens is 1. The summed E-state index contributed by atoms with van der Waals surface area (Å²) in [4.78, 5) is 28.1. The number of H-pyrrole nitrogens is 1. The first-order valence-corrected chi connectivity index (χ1v) is 14.3. The molecule has 0 aliphatic heterocycles. The van der Waals surface area contributed by atoms with Crippen LogP contribution in [0.3, 0.4) is 0 Å². The fourth-order valence-corrected chi connectivity index (χ4v) is 4.94. The van der Waals surface area contributed by atoms with Gasteiger partial charge in [-0.3, -0.25) is 9.59 Å². The normalized spacial score (nSPS) is 14.7. The SMILES string of the molecule is CC(C)Cc1ccc(C(C)C(=O)OC(Cc2c(Cl)c[nH]c(=O)c2Cl)c2ccc(OC(F)F)c(OCC3CC3)c2)cc1. The van der Waals surface area contributed by atoms with E-state index in [-0.39, 0.29) is 33.5 Å². The van der Waals surface area contributed by atoms with Crippen LogP contribution in [-0.4, -0.2) is 24.2 Å². The van der Waals surface area contributed by atoms with E-state index in [1.54, 1.807) is 6.92 Å². The second-order valence-electron chi connectivity index (χ2n) is 10.8. The summed E-state index contributed by atoms with van der Waals surface area (Å²) in [6.07, 6.45) is 3.24. The van der Waals surface area contributed by atoms with Gasteiger partial charge in [0.1, 0.15) is 11.1 Å². The van der Waals surface area contributed by atoms with Crippen LogP contribution in [-0.2, 0) is 22.4 Å². The third-order valence-corrected chi connectivity index (χ3v) is 7.67. The lowest BCUT2D eigenvalue weighted by Gasteiger charge is -2.23. The quantitative estimate of drug-likeness (QED) is 0.200. The minimum atomic E-state index is -3.04. The largest absolute Gasteiger partial charge is 0.489 e. The number of halogens is 4. The van der Waals surface area contributed by atoms with Gasteiger partial charge >= 0.3 is 12.6 Å². The summed E-state index contributed by atoms with van der Waals surface area (Å²) in [5.74, 6) is -0.291. The van der Waals surface area contributed by atoms with Crippen molar-refractivity contribution in [1.82, 2.24) is 4.98 Å². The van der Waals surface area contributed by atoms with Gasteiger partial charge in [0, 0.05) is 18.2 Å².